The van der Waals surface area contributed by atoms with E-state index in [1.165, 1.54) is 18.4 Å². The van der Waals surface area contributed by atoms with E-state index < -0.39 is 5.92 Å². The largest absolute Gasteiger partial charge is 0.480 e. The number of nitrogens with one attached hydrogen (secondary N) is 1. The molecule has 9 heteroatoms. The summed E-state index contributed by atoms with van der Waals surface area (Å²) in [5, 5.41) is 3.60. The first-order chi connectivity index (χ1) is 15.5. The van der Waals surface area contributed by atoms with Crippen molar-refractivity contribution in [2.24, 2.45) is 5.92 Å². The molecule has 1 atom stereocenters. The number of hydrogen-bond donors (Lipinski definition) is 1. The molecule has 1 unspecified atom stereocenters. The minimum atomic E-state index is -0.487. The minimum absolute atomic E-state index is 0.165. The number of thiophene rings is 1. The Balaban J connectivity index is 1.81. The number of fused-ring (bicyclic) bond motifs is 1. The maximum Gasteiger partial charge on any atom is 0.311 e. The van der Waals surface area contributed by atoms with Crippen LogP contribution in [0.1, 0.15) is 33.5 Å². The van der Waals surface area contributed by atoms with Gasteiger partial charge in [0.2, 0.25) is 5.88 Å². The number of nitrogens with zero attached hydrogens (tertiary/aromatic N) is 2. The van der Waals surface area contributed by atoms with E-state index in [1.54, 1.807) is 14.0 Å². The molecule has 8 nitrogen and oxygen atoms in total. The number of esters is 1. The molecule has 3 rings (SSSR count). The van der Waals surface area contributed by atoms with Crippen LogP contribution in [0.3, 0.4) is 0 Å². The lowest BCUT2D eigenvalue weighted by atomic mass is 9.99. The summed E-state index contributed by atoms with van der Waals surface area (Å²) < 4.78 is 15.8. The molecule has 32 heavy (non-hydrogen) atoms. The number of amides is 1. The molecule has 0 fully saturated rings. The average Bonchev–Trinajstić information content (AvgIpc) is 3.13. The van der Waals surface area contributed by atoms with E-state index in [4.69, 9.17) is 14.2 Å². The summed E-state index contributed by atoms with van der Waals surface area (Å²) in [6.45, 7) is 4.30. The van der Waals surface area contributed by atoms with Gasteiger partial charge in [-0.1, -0.05) is 30.3 Å². The fourth-order valence-corrected chi connectivity index (χ4v) is 4.50. The number of aryl methyl sites for hydroxylation is 1. The number of carbonyl (C=O) groups is 2. The first kappa shape index (κ1) is 23.6. The number of rotatable bonds is 10. The van der Waals surface area contributed by atoms with Crippen LogP contribution in [0.25, 0.3) is 10.2 Å². The fraction of sp³-hybridized carbons (Fsp3) is 0.391. The van der Waals surface area contributed by atoms with E-state index in [9.17, 15) is 9.59 Å². The maximum absolute atomic E-state index is 13.0. The monoisotopic (exact) mass is 457 g/mol. The van der Waals surface area contributed by atoms with Gasteiger partial charge in [0, 0.05) is 13.7 Å². The SMILES string of the molecule is CCOC(=O)C(CNC(=O)c1sc2nc(COC)nc(OC)c2c1C)Cc1ccccc1. The Morgan fingerprint density at radius 2 is 1.91 bits per heavy atom. The van der Waals surface area contributed by atoms with E-state index in [2.05, 4.69) is 15.3 Å². The van der Waals surface area contributed by atoms with Crippen molar-refractivity contribution < 1.29 is 23.8 Å². The number of benzene rings is 1. The van der Waals surface area contributed by atoms with Gasteiger partial charge in [0.15, 0.2) is 5.82 Å². The van der Waals surface area contributed by atoms with Gasteiger partial charge in [-0.2, -0.15) is 4.98 Å². The highest BCUT2D eigenvalue weighted by molar-refractivity contribution is 7.20. The summed E-state index contributed by atoms with van der Waals surface area (Å²) >= 11 is 1.26. The third-order valence-corrected chi connectivity index (χ3v) is 6.11. The molecule has 2 heterocycles. The molecule has 1 aromatic carbocycles. The zero-order chi connectivity index (χ0) is 23.1. The molecule has 1 amide bonds. The predicted octanol–water partition coefficient (Wildman–Crippen LogP) is 3.31. The summed E-state index contributed by atoms with van der Waals surface area (Å²) in [7, 11) is 3.09. The summed E-state index contributed by atoms with van der Waals surface area (Å²) in [5.41, 5.74) is 1.74. The smallest absolute Gasteiger partial charge is 0.311 e. The van der Waals surface area contributed by atoms with Crippen LogP contribution in [0.4, 0.5) is 0 Å². The molecule has 2 aromatic heterocycles. The Hall–Kier alpha value is -3.04. The molecule has 3 aromatic rings. The lowest BCUT2D eigenvalue weighted by Crippen LogP contribution is -2.35. The van der Waals surface area contributed by atoms with Crippen LogP contribution in [0.2, 0.25) is 0 Å². The molecule has 0 aliphatic carbocycles. The second kappa shape index (κ2) is 11.0. The summed E-state index contributed by atoms with van der Waals surface area (Å²) in [4.78, 5) is 35.5. The van der Waals surface area contributed by atoms with Crippen molar-refractivity contribution in [2.45, 2.75) is 26.9 Å². The van der Waals surface area contributed by atoms with Crippen molar-refractivity contribution in [3.63, 3.8) is 0 Å². The van der Waals surface area contributed by atoms with Crippen LogP contribution < -0.4 is 10.1 Å². The van der Waals surface area contributed by atoms with Crippen molar-refractivity contribution in [1.29, 1.82) is 0 Å². The Kier molecular flexibility index (Phi) is 8.13. The van der Waals surface area contributed by atoms with Gasteiger partial charge in [0.25, 0.3) is 5.91 Å². The predicted molar refractivity (Wildman–Crippen MR) is 122 cm³/mol. The Morgan fingerprint density at radius 3 is 2.56 bits per heavy atom. The first-order valence-electron chi connectivity index (χ1n) is 10.3. The quantitative estimate of drug-likeness (QED) is 0.466. The van der Waals surface area contributed by atoms with Gasteiger partial charge in [-0.3, -0.25) is 9.59 Å². The van der Waals surface area contributed by atoms with Crippen LogP contribution in [0.5, 0.6) is 5.88 Å². The Morgan fingerprint density at radius 1 is 1.16 bits per heavy atom. The van der Waals surface area contributed by atoms with Crippen molar-refractivity contribution in [2.75, 3.05) is 27.4 Å². The van der Waals surface area contributed by atoms with Crippen LogP contribution >= 0.6 is 11.3 Å². The molecular weight excluding hydrogens is 430 g/mol. The molecule has 170 valence electrons. The van der Waals surface area contributed by atoms with Crippen LogP contribution in [-0.2, 0) is 27.3 Å². The maximum atomic E-state index is 13.0. The highest BCUT2D eigenvalue weighted by Gasteiger charge is 2.24. The highest BCUT2D eigenvalue weighted by Crippen LogP contribution is 2.35. The van der Waals surface area contributed by atoms with Crippen LogP contribution in [-0.4, -0.2) is 49.2 Å². The molecule has 0 saturated carbocycles. The molecule has 0 saturated heterocycles. The molecular formula is C23H27N3O5S. The summed E-state index contributed by atoms with van der Waals surface area (Å²) in [6, 6.07) is 9.66. The lowest BCUT2D eigenvalue weighted by Gasteiger charge is -2.16. The highest BCUT2D eigenvalue weighted by atomic mass is 32.1. The van der Waals surface area contributed by atoms with Gasteiger partial charge in [0.1, 0.15) is 11.4 Å². The zero-order valence-corrected chi connectivity index (χ0v) is 19.5. The number of hydrogen-bond acceptors (Lipinski definition) is 8. The van der Waals surface area contributed by atoms with Crippen molar-refractivity contribution in [3.8, 4) is 5.88 Å². The molecule has 0 aliphatic rings. The van der Waals surface area contributed by atoms with Crippen molar-refractivity contribution in [1.82, 2.24) is 15.3 Å². The van der Waals surface area contributed by atoms with E-state index >= 15 is 0 Å². The minimum Gasteiger partial charge on any atom is -0.480 e. The summed E-state index contributed by atoms with van der Waals surface area (Å²) in [5.74, 6) is -0.207. The normalized spacial score (nSPS) is 11.9. The van der Waals surface area contributed by atoms with Crippen LogP contribution in [0, 0.1) is 12.8 Å². The number of aromatic nitrogens is 2. The number of methoxy groups -OCH3 is 2. The summed E-state index contributed by atoms with van der Waals surface area (Å²) in [6.07, 6.45) is 0.477. The topological polar surface area (TPSA) is 99.6 Å². The van der Waals surface area contributed by atoms with E-state index in [1.807, 2.05) is 37.3 Å². The molecule has 0 aliphatic heterocycles. The van der Waals surface area contributed by atoms with Gasteiger partial charge in [-0.05, 0) is 31.4 Å². The van der Waals surface area contributed by atoms with Gasteiger partial charge >= 0.3 is 5.97 Å². The van der Waals surface area contributed by atoms with Gasteiger partial charge < -0.3 is 19.5 Å². The standard InChI is InChI=1S/C23H27N3O5S/c1-5-31-23(28)16(11-15-9-7-6-8-10-15)12-24-20(27)19-14(2)18-21(30-4)25-17(13-29-3)26-22(18)32-19/h6-10,16H,5,11-13H2,1-4H3,(H,24,27). The molecule has 1 N–H and O–H groups in total. The third-order valence-electron chi connectivity index (χ3n) is 4.93. The molecule has 0 bridgehead atoms. The van der Waals surface area contributed by atoms with Crippen molar-refractivity contribution >= 4 is 33.4 Å². The first-order valence-corrected chi connectivity index (χ1v) is 11.1. The average molecular weight is 458 g/mol. The molecule has 0 spiro atoms. The lowest BCUT2D eigenvalue weighted by molar-refractivity contribution is -0.147. The fourth-order valence-electron chi connectivity index (χ4n) is 3.40. The zero-order valence-electron chi connectivity index (χ0n) is 18.6. The molecule has 0 radical (unpaired) electrons. The van der Waals surface area contributed by atoms with Gasteiger partial charge in [-0.25, -0.2) is 4.98 Å². The van der Waals surface area contributed by atoms with Crippen molar-refractivity contribution in [3.05, 3.63) is 52.2 Å². The number of carbonyl (C=O) groups excluding carboxylic acids is 2. The van der Waals surface area contributed by atoms with E-state index in [0.717, 1.165) is 11.1 Å². The third kappa shape index (κ3) is 5.41. The van der Waals surface area contributed by atoms with Gasteiger partial charge in [0.05, 0.1) is 29.9 Å². The Bertz CT molecular complexity index is 1080. The van der Waals surface area contributed by atoms with Crippen LogP contribution in [0.15, 0.2) is 30.3 Å². The second-order valence-electron chi connectivity index (χ2n) is 7.17. The van der Waals surface area contributed by atoms with E-state index in [0.29, 0.717) is 33.2 Å². The second-order valence-corrected chi connectivity index (χ2v) is 8.17. The van der Waals surface area contributed by atoms with E-state index in [-0.39, 0.29) is 31.6 Å². The number of ether oxygens (including phenoxy) is 3. The Labute approximate surface area is 190 Å². The van der Waals surface area contributed by atoms with Gasteiger partial charge in [-0.15, -0.1) is 11.3 Å².